The molecule has 1 N–H and O–H groups in total. The van der Waals surface area contributed by atoms with Crippen molar-refractivity contribution in [3.8, 4) is 0 Å². The maximum atomic E-state index is 10.9. The molecule has 1 aromatic rings. The summed E-state index contributed by atoms with van der Waals surface area (Å²) in [4.78, 5) is 0. The fraction of sp³-hybridized carbons (Fsp3) is 0.680. The Bertz CT molecular complexity index is 732. The Labute approximate surface area is 192 Å². The van der Waals surface area contributed by atoms with Crippen molar-refractivity contribution >= 4 is 16.6 Å². The normalized spacial score (nSPS) is 25.6. The molecule has 4 atom stereocenters. The van der Waals surface area contributed by atoms with Gasteiger partial charge in [-0.15, -0.1) is 0 Å². The first-order valence-corrected chi connectivity index (χ1v) is 17.2. The highest BCUT2D eigenvalue weighted by molar-refractivity contribution is 6.74. The van der Waals surface area contributed by atoms with Crippen LogP contribution in [0, 0.1) is 0 Å². The quantitative estimate of drug-likeness (QED) is 0.381. The predicted molar refractivity (Wildman–Crippen MR) is 134 cm³/mol. The number of hydrogen-bond donors (Lipinski definition) is 1. The minimum atomic E-state index is -2.13. The van der Waals surface area contributed by atoms with Gasteiger partial charge in [-0.25, -0.2) is 0 Å². The first-order chi connectivity index (χ1) is 14.1. The average Bonchev–Trinajstić information content (AvgIpc) is 2.62. The van der Waals surface area contributed by atoms with E-state index in [4.69, 9.17) is 13.6 Å². The van der Waals surface area contributed by atoms with Gasteiger partial charge in [0.25, 0.3) is 0 Å². The van der Waals surface area contributed by atoms with Gasteiger partial charge in [0.15, 0.2) is 16.6 Å². The third-order valence-electron chi connectivity index (χ3n) is 7.24. The van der Waals surface area contributed by atoms with E-state index in [1.54, 1.807) is 0 Å². The van der Waals surface area contributed by atoms with E-state index in [1.807, 2.05) is 30.4 Å². The van der Waals surface area contributed by atoms with Crippen molar-refractivity contribution in [2.75, 3.05) is 0 Å². The summed E-state index contributed by atoms with van der Waals surface area (Å²) in [6.07, 6.45) is 2.02. The predicted octanol–water partition coefficient (Wildman–Crippen LogP) is 6.28. The summed E-state index contributed by atoms with van der Waals surface area (Å²) in [5, 5.41) is 11.0. The number of rotatable bonds is 7. The maximum Gasteiger partial charge on any atom is 0.193 e. The fourth-order valence-corrected chi connectivity index (χ4v) is 5.61. The van der Waals surface area contributed by atoms with E-state index >= 15 is 0 Å². The second kappa shape index (κ2) is 9.61. The topological polar surface area (TPSA) is 47.9 Å². The van der Waals surface area contributed by atoms with Crippen molar-refractivity contribution in [1.29, 1.82) is 0 Å². The van der Waals surface area contributed by atoms with Crippen LogP contribution in [0.4, 0.5) is 0 Å². The summed E-state index contributed by atoms with van der Waals surface area (Å²) in [5.74, 6) is 0. The van der Waals surface area contributed by atoms with Crippen molar-refractivity contribution in [3.05, 3.63) is 48.0 Å². The molecule has 4 nitrogen and oxygen atoms in total. The second-order valence-electron chi connectivity index (χ2n) is 11.8. The van der Waals surface area contributed by atoms with Crippen LogP contribution in [0.1, 0.15) is 47.1 Å². The molecule has 0 amide bonds. The summed E-state index contributed by atoms with van der Waals surface area (Å²) in [7, 11) is -4.17. The highest BCUT2D eigenvalue weighted by atomic mass is 28.4. The highest BCUT2D eigenvalue weighted by Crippen LogP contribution is 2.41. The van der Waals surface area contributed by atoms with Gasteiger partial charge in [-0.05, 0) is 41.8 Å². The smallest absolute Gasteiger partial charge is 0.193 e. The second-order valence-corrected chi connectivity index (χ2v) is 21.3. The molecule has 0 aromatic heterocycles. The fourth-order valence-electron chi connectivity index (χ4n) is 3.06. The van der Waals surface area contributed by atoms with Gasteiger partial charge in [-0.2, -0.15) is 0 Å². The van der Waals surface area contributed by atoms with Crippen LogP contribution in [0.15, 0.2) is 42.5 Å². The monoisotopic (exact) mass is 464 g/mol. The average molecular weight is 465 g/mol. The van der Waals surface area contributed by atoms with E-state index in [0.717, 1.165) is 5.56 Å². The van der Waals surface area contributed by atoms with Gasteiger partial charge in [-0.1, -0.05) is 84.0 Å². The first kappa shape index (κ1) is 26.5. The third kappa shape index (κ3) is 6.62. The number of aliphatic hydroxyl groups is 1. The van der Waals surface area contributed by atoms with Gasteiger partial charge in [-0.3, -0.25) is 0 Å². The molecule has 0 unspecified atom stereocenters. The molecule has 176 valence electrons. The molecule has 0 fully saturated rings. The van der Waals surface area contributed by atoms with Gasteiger partial charge < -0.3 is 18.7 Å². The Morgan fingerprint density at radius 1 is 0.774 bits per heavy atom. The van der Waals surface area contributed by atoms with Gasteiger partial charge in [0.2, 0.25) is 0 Å². The summed E-state index contributed by atoms with van der Waals surface area (Å²) in [6.45, 7) is 22.8. The molecular weight excluding hydrogens is 420 g/mol. The van der Waals surface area contributed by atoms with E-state index in [1.165, 1.54) is 0 Å². The van der Waals surface area contributed by atoms with Gasteiger partial charge in [0.05, 0.1) is 18.8 Å². The van der Waals surface area contributed by atoms with Gasteiger partial charge in [0, 0.05) is 0 Å². The summed E-state index contributed by atoms with van der Waals surface area (Å²) >= 11 is 0. The molecule has 0 bridgehead atoms. The molecular formula is C25H44O4Si2. The minimum Gasteiger partial charge on any atom is -0.408 e. The van der Waals surface area contributed by atoms with Crippen molar-refractivity contribution < 1.29 is 18.7 Å². The molecule has 6 heteroatoms. The lowest BCUT2D eigenvalue weighted by molar-refractivity contribution is -0.117. The lowest BCUT2D eigenvalue weighted by atomic mass is 9.96. The van der Waals surface area contributed by atoms with Crippen molar-refractivity contribution in [3.63, 3.8) is 0 Å². The zero-order valence-corrected chi connectivity index (χ0v) is 23.2. The van der Waals surface area contributed by atoms with Crippen LogP contribution in [0.5, 0.6) is 0 Å². The van der Waals surface area contributed by atoms with Crippen LogP contribution in [0.3, 0.4) is 0 Å². The van der Waals surface area contributed by atoms with Crippen LogP contribution in [0.2, 0.25) is 36.3 Å². The number of ether oxygens (including phenoxy) is 1. The molecule has 2 rings (SSSR count). The lowest BCUT2D eigenvalue weighted by Crippen LogP contribution is -2.58. The number of benzene rings is 1. The van der Waals surface area contributed by atoms with E-state index in [0.29, 0.717) is 6.61 Å². The molecule has 0 heterocycles. The summed E-state index contributed by atoms with van der Waals surface area (Å²) < 4.78 is 20.0. The molecule has 0 radical (unpaired) electrons. The Morgan fingerprint density at radius 2 is 1.29 bits per heavy atom. The summed E-state index contributed by atoms with van der Waals surface area (Å²) in [5.41, 5.74) is 1.10. The van der Waals surface area contributed by atoms with Crippen LogP contribution >= 0.6 is 0 Å². The molecule has 31 heavy (non-hydrogen) atoms. The maximum absolute atomic E-state index is 10.9. The van der Waals surface area contributed by atoms with Crippen molar-refractivity contribution in [2.24, 2.45) is 0 Å². The summed E-state index contributed by atoms with van der Waals surface area (Å²) in [6, 6.07) is 10.2. The molecule has 0 spiro atoms. The largest absolute Gasteiger partial charge is 0.408 e. The molecule has 0 aliphatic heterocycles. The van der Waals surface area contributed by atoms with Gasteiger partial charge in [0.1, 0.15) is 12.2 Å². The van der Waals surface area contributed by atoms with Gasteiger partial charge >= 0.3 is 0 Å². The Morgan fingerprint density at radius 3 is 1.81 bits per heavy atom. The van der Waals surface area contributed by atoms with E-state index in [-0.39, 0.29) is 22.3 Å². The number of aliphatic hydroxyl groups excluding tert-OH is 1. The molecule has 0 saturated carbocycles. The number of hydrogen-bond acceptors (Lipinski definition) is 4. The molecule has 0 saturated heterocycles. The zero-order chi connectivity index (χ0) is 23.7. The SMILES string of the molecule is CC(C)(C)[Si](C)(C)O[C@H]1[C@H](OCc2ccccc2)[C@@H](O[Si](C)(C)C(C)(C)C)C=C[C@@H]1O. The van der Waals surface area contributed by atoms with Crippen LogP contribution in [0.25, 0.3) is 0 Å². The van der Waals surface area contributed by atoms with Crippen LogP contribution in [-0.2, 0) is 20.2 Å². The Hall–Kier alpha value is -0.766. The molecule has 1 aliphatic rings. The lowest BCUT2D eigenvalue weighted by Gasteiger charge is -2.47. The zero-order valence-electron chi connectivity index (χ0n) is 21.2. The van der Waals surface area contributed by atoms with Crippen molar-refractivity contribution in [1.82, 2.24) is 0 Å². The third-order valence-corrected chi connectivity index (χ3v) is 16.2. The Kier molecular flexibility index (Phi) is 8.21. The van der Waals surface area contributed by atoms with Crippen LogP contribution in [-0.4, -0.2) is 46.2 Å². The van der Waals surface area contributed by atoms with Crippen LogP contribution < -0.4 is 0 Å². The molecule has 1 aliphatic carbocycles. The van der Waals surface area contributed by atoms with Crippen molar-refractivity contribution in [2.45, 2.75) is 109 Å². The first-order valence-electron chi connectivity index (χ1n) is 11.4. The van der Waals surface area contributed by atoms with E-state index in [2.05, 4.69) is 79.9 Å². The Balaban J connectivity index is 2.35. The standard InChI is InChI=1S/C25H44O4Si2/c1-24(2,3)30(7,8)28-21-17-16-20(26)22(29-31(9,10)25(4,5)6)23(21)27-18-19-14-12-11-13-15-19/h11-17,20-23,26H,18H2,1-10H3/t20-,21-,22+,23+/m0/s1. The minimum absolute atomic E-state index is 0.0354. The molecule has 1 aromatic carbocycles. The highest BCUT2D eigenvalue weighted by Gasteiger charge is 2.48. The van der Waals surface area contributed by atoms with E-state index in [9.17, 15) is 5.11 Å². The van der Waals surface area contributed by atoms with E-state index < -0.39 is 28.8 Å².